The van der Waals surface area contributed by atoms with E-state index >= 15 is 0 Å². The van der Waals surface area contributed by atoms with E-state index in [1.165, 1.54) is 19.1 Å². The number of nitrogens with zero attached hydrogens (tertiary/aromatic N) is 1. The van der Waals surface area contributed by atoms with Crippen molar-refractivity contribution in [3.63, 3.8) is 0 Å². The summed E-state index contributed by atoms with van der Waals surface area (Å²) in [5.41, 5.74) is 1.31. The Morgan fingerprint density at radius 2 is 1.79 bits per heavy atom. The van der Waals surface area contributed by atoms with Crippen LogP contribution in [0.5, 0.6) is 11.5 Å². The highest BCUT2D eigenvalue weighted by Crippen LogP contribution is 2.43. The zero-order valence-electron chi connectivity index (χ0n) is 17.4. The molecule has 1 aliphatic heterocycles. The van der Waals surface area contributed by atoms with Crippen LogP contribution in [0.3, 0.4) is 0 Å². The topological polar surface area (TPSA) is 91.4 Å². The van der Waals surface area contributed by atoms with E-state index in [2.05, 4.69) is 0 Å². The van der Waals surface area contributed by atoms with Gasteiger partial charge in [0.2, 0.25) is 5.91 Å². The lowest BCUT2D eigenvalue weighted by molar-refractivity contribution is -0.149. The molecule has 1 aliphatic rings. The Hall–Kier alpha value is -3.03. The molecule has 2 rings (SSSR count). The molecule has 158 valence electrons. The number of amides is 1. The Kier molecular flexibility index (Phi) is 7.64. The summed E-state index contributed by atoms with van der Waals surface area (Å²) in [5, 5.41) is 0. The SMILES string of the molecule is CCOC(=O)CN1C(=O)CC(c2cccc(OC)c2OC)C(C(=O)OCC)=C1C. The van der Waals surface area contributed by atoms with Gasteiger partial charge >= 0.3 is 11.9 Å². The molecule has 1 aromatic rings. The number of carbonyl (C=O) groups excluding carboxylic acids is 3. The van der Waals surface area contributed by atoms with E-state index < -0.39 is 17.9 Å². The van der Waals surface area contributed by atoms with Crippen LogP contribution < -0.4 is 9.47 Å². The molecule has 1 aromatic carbocycles. The quantitative estimate of drug-likeness (QED) is 0.614. The van der Waals surface area contributed by atoms with Crippen LogP contribution >= 0.6 is 0 Å². The van der Waals surface area contributed by atoms with E-state index in [9.17, 15) is 14.4 Å². The fourth-order valence-electron chi connectivity index (χ4n) is 3.46. The molecule has 0 radical (unpaired) electrons. The first-order chi connectivity index (χ1) is 13.9. The standard InChI is InChI=1S/C21H27NO7/c1-6-28-18(24)12-22-13(3)19(21(25)29-7-2)15(11-17(22)23)14-9-8-10-16(26-4)20(14)27-5/h8-10,15H,6-7,11-12H2,1-5H3. The van der Waals surface area contributed by atoms with Gasteiger partial charge in [-0.1, -0.05) is 12.1 Å². The fraction of sp³-hybridized carbons (Fsp3) is 0.476. The smallest absolute Gasteiger partial charge is 0.336 e. The van der Waals surface area contributed by atoms with Crippen molar-refractivity contribution in [2.75, 3.05) is 34.0 Å². The number of hydrogen-bond acceptors (Lipinski definition) is 7. The third-order valence-electron chi connectivity index (χ3n) is 4.72. The second-order valence-corrected chi connectivity index (χ2v) is 6.34. The maximum absolute atomic E-state index is 12.9. The van der Waals surface area contributed by atoms with Crippen LogP contribution in [0.25, 0.3) is 0 Å². The van der Waals surface area contributed by atoms with Gasteiger partial charge in [0, 0.05) is 23.6 Å². The molecule has 1 atom stereocenters. The van der Waals surface area contributed by atoms with Crippen molar-refractivity contribution in [2.24, 2.45) is 0 Å². The van der Waals surface area contributed by atoms with Crippen molar-refractivity contribution < 1.29 is 33.3 Å². The molecular formula is C21H27NO7. The summed E-state index contributed by atoms with van der Waals surface area (Å²) in [7, 11) is 3.02. The molecule has 0 fully saturated rings. The Balaban J connectivity index is 2.58. The number of benzene rings is 1. The molecule has 1 heterocycles. The van der Waals surface area contributed by atoms with E-state index in [4.69, 9.17) is 18.9 Å². The molecule has 8 heteroatoms. The second-order valence-electron chi connectivity index (χ2n) is 6.34. The first kappa shape index (κ1) is 22.3. The molecule has 8 nitrogen and oxygen atoms in total. The molecular weight excluding hydrogens is 378 g/mol. The average molecular weight is 405 g/mol. The van der Waals surface area contributed by atoms with Crippen LogP contribution in [0.15, 0.2) is 29.5 Å². The first-order valence-electron chi connectivity index (χ1n) is 9.44. The highest BCUT2D eigenvalue weighted by Gasteiger charge is 2.39. The summed E-state index contributed by atoms with van der Waals surface area (Å²) in [6, 6.07) is 5.29. The zero-order valence-corrected chi connectivity index (χ0v) is 17.4. The summed E-state index contributed by atoms with van der Waals surface area (Å²) in [6.07, 6.45) is -0.0194. The summed E-state index contributed by atoms with van der Waals surface area (Å²) in [6.45, 7) is 5.15. The molecule has 1 amide bonds. The average Bonchev–Trinajstić information content (AvgIpc) is 2.70. The van der Waals surface area contributed by atoms with E-state index in [1.54, 1.807) is 39.0 Å². The van der Waals surface area contributed by atoms with Gasteiger partial charge in [-0.3, -0.25) is 9.59 Å². The number of ether oxygens (including phenoxy) is 4. The van der Waals surface area contributed by atoms with Crippen molar-refractivity contribution in [3.05, 3.63) is 35.0 Å². The van der Waals surface area contributed by atoms with Crippen molar-refractivity contribution in [1.29, 1.82) is 0 Å². The van der Waals surface area contributed by atoms with Crippen molar-refractivity contribution >= 4 is 17.8 Å². The number of allylic oxidation sites excluding steroid dienone is 1. The van der Waals surface area contributed by atoms with E-state index in [0.29, 0.717) is 28.3 Å². The zero-order chi connectivity index (χ0) is 21.6. The maximum atomic E-state index is 12.9. The molecule has 0 bridgehead atoms. The lowest BCUT2D eigenvalue weighted by Crippen LogP contribution is -2.41. The van der Waals surface area contributed by atoms with Gasteiger partial charge in [-0.2, -0.15) is 0 Å². The van der Waals surface area contributed by atoms with Crippen molar-refractivity contribution in [2.45, 2.75) is 33.1 Å². The Labute approximate surface area is 170 Å². The Bertz CT molecular complexity index is 815. The summed E-state index contributed by atoms with van der Waals surface area (Å²) >= 11 is 0. The second kappa shape index (κ2) is 9.95. The number of hydrogen-bond donors (Lipinski definition) is 0. The third-order valence-corrected chi connectivity index (χ3v) is 4.72. The number of methoxy groups -OCH3 is 2. The van der Waals surface area contributed by atoms with Gasteiger partial charge in [-0.05, 0) is 26.8 Å². The van der Waals surface area contributed by atoms with Gasteiger partial charge < -0.3 is 23.8 Å². The maximum Gasteiger partial charge on any atom is 0.336 e. The molecule has 0 spiro atoms. The Morgan fingerprint density at radius 1 is 1.10 bits per heavy atom. The largest absolute Gasteiger partial charge is 0.493 e. The van der Waals surface area contributed by atoms with Crippen LogP contribution in [0.1, 0.15) is 38.7 Å². The number of para-hydroxylation sites is 1. The molecule has 0 N–H and O–H groups in total. The van der Waals surface area contributed by atoms with Gasteiger partial charge in [0.05, 0.1) is 33.0 Å². The fourth-order valence-corrected chi connectivity index (χ4v) is 3.46. The van der Waals surface area contributed by atoms with Crippen molar-refractivity contribution in [3.8, 4) is 11.5 Å². The van der Waals surface area contributed by atoms with E-state index in [0.717, 1.165) is 0 Å². The van der Waals surface area contributed by atoms with E-state index in [-0.39, 0.29) is 32.1 Å². The number of rotatable bonds is 8. The minimum absolute atomic E-state index is 0.0194. The summed E-state index contributed by atoms with van der Waals surface area (Å²) < 4.78 is 21.1. The minimum atomic E-state index is -0.593. The van der Waals surface area contributed by atoms with Gasteiger partial charge in [-0.25, -0.2) is 4.79 Å². The van der Waals surface area contributed by atoms with Crippen LogP contribution in [0.2, 0.25) is 0 Å². The number of carbonyl (C=O) groups is 3. The normalized spacial score (nSPS) is 16.5. The van der Waals surface area contributed by atoms with E-state index in [1.807, 2.05) is 0 Å². The van der Waals surface area contributed by atoms with Crippen LogP contribution in [-0.2, 0) is 23.9 Å². The van der Waals surface area contributed by atoms with Crippen LogP contribution in [-0.4, -0.2) is 56.7 Å². The predicted octanol–water partition coefficient (Wildman–Crippen LogP) is 2.42. The molecule has 0 saturated heterocycles. The molecule has 0 aromatic heterocycles. The molecule has 29 heavy (non-hydrogen) atoms. The highest BCUT2D eigenvalue weighted by atomic mass is 16.5. The summed E-state index contributed by atoms with van der Waals surface area (Å²) in [4.78, 5) is 38.9. The monoisotopic (exact) mass is 405 g/mol. The molecule has 0 aliphatic carbocycles. The predicted molar refractivity (Wildman–Crippen MR) is 105 cm³/mol. The summed E-state index contributed by atoms with van der Waals surface area (Å²) in [5.74, 6) is -1.03. The lowest BCUT2D eigenvalue weighted by Gasteiger charge is -2.34. The third kappa shape index (κ3) is 4.70. The van der Waals surface area contributed by atoms with Crippen LogP contribution in [0, 0.1) is 0 Å². The Morgan fingerprint density at radius 3 is 2.38 bits per heavy atom. The first-order valence-corrected chi connectivity index (χ1v) is 9.44. The van der Waals surface area contributed by atoms with Gasteiger partial charge in [0.15, 0.2) is 11.5 Å². The van der Waals surface area contributed by atoms with Gasteiger partial charge in [0.1, 0.15) is 6.54 Å². The molecule has 1 unspecified atom stereocenters. The number of esters is 2. The van der Waals surface area contributed by atoms with Gasteiger partial charge in [0.25, 0.3) is 0 Å². The van der Waals surface area contributed by atoms with Crippen LogP contribution in [0.4, 0.5) is 0 Å². The highest BCUT2D eigenvalue weighted by molar-refractivity contribution is 5.97. The van der Waals surface area contributed by atoms with Crippen molar-refractivity contribution in [1.82, 2.24) is 4.90 Å². The van der Waals surface area contributed by atoms with Gasteiger partial charge in [-0.15, -0.1) is 0 Å². The lowest BCUT2D eigenvalue weighted by atomic mass is 9.83. The molecule has 0 saturated carbocycles. The minimum Gasteiger partial charge on any atom is -0.493 e.